The summed E-state index contributed by atoms with van der Waals surface area (Å²) in [6, 6.07) is 37.6. The summed E-state index contributed by atoms with van der Waals surface area (Å²) in [5.74, 6) is 0.672. The fourth-order valence-corrected chi connectivity index (χ4v) is 6.47. The fourth-order valence-electron chi connectivity index (χ4n) is 6.47. The second kappa shape index (κ2) is 10.4. The van der Waals surface area contributed by atoms with Gasteiger partial charge in [-0.15, -0.1) is 0 Å². The molecule has 0 unspecified atom stereocenters. The molecule has 0 spiro atoms. The second-order valence-corrected chi connectivity index (χ2v) is 10.6. The monoisotopic (exact) mass is 484 g/mol. The van der Waals surface area contributed by atoms with Gasteiger partial charge in [-0.2, -0.15) is 0 Å². The van der Waals surface area contributed by atoms with E-state index in [9.17, 15) is 0 Å². The first-order valence-electron chi connectivity index (χ1n) is 13.7. The van der Waals surface area contributed by atoms with Gasteiger partial charge in [-0.1, -0.05) is 97.1 Å². The number of aromatic nitrogens is 1. The Bertz CT molecular complexity index is 1470. The van der Waals surface area contributed by atoms with Gasteiger partial charge in [0.25, 0.3) is 0 Å². The Balaban J connectivity index is 1.36. The molecular formula is C35H36N2. The normalized spacial score (nSPS) is 14.9. The Morgan fingerprint density at radius 2 is 1.27 bits per heavy atom. The third-order valence-electron chi connectivity index (χ3n) is 8.23. The molecule has 0 N–H and O–H groups in total. The van der Waals surface area contributed by atoms with Crippen LogP contribution in [0.5, 0.6) is 0 Å². The highest BCUT2D eigenvalue weighted by molar-refractivity contribution is 5.92. The van der Waals surface area contributed by atoms with Crippen molar-refractivity contribution in [3.8, 4) is 11.3 Å². The number of likely N-dealkylation sites (tertiary alicyclic amines) is 1. The number of benzene rings is 4. The first-order chi connectivity index (χ1) is 18.2. The van der Waals surface area contributed by atoms with Crippen LogP contribution < -0.4 is 0 Å². The van der Waals surface area contributed by atoms with E-state index in [2.05, 4.69) is 126 Å². The Labute approximate surface area is 221 Å². The van der Waals surface area contributed by atoms with Crippen LogP contribution in [0.15, 0.2) is 103 Å². The molecule has 0 saturated carbocycles. The zero-order valence-corrected chi connectivity index (χ0v) is 22.0. The minimum atomic E-state index is 0.672. The smallest absolute Gasteiger partial charge is 0.0540 e. The summed E-state index contributed by atoms with van der Waals surface area (Å²) in [7, 11) is 0. The number of para-hydroxylation sites is 1. The molecule has 5 aromatic rings. The summed E-state index contributed by atoms with van der Waals surface area (Å²) in [5.41, 5.74) is 11.3. The average Bonchev–Trinajstić information content (AvgIpc) is 3.23. The minimum Gasteiger partial charge on any atom is -0.336 e. The molecule has 0 amide bonds. The van der Waals surface area contributed by atoms with E-state index in [1.165, 1.54) is 57.3 Å². The number of aryl methyl sites for hydroxylation is 2. The lowest BCUT2D eigenvalue weighted by Crippen LogP contribution is -2.33. The van der Waals surface area contributed by atoms with Crippen molar-refractivity contribution in [1.82, 2.24) is 9.47 Å². The summed E-state index contributed by atoms with van der Waals surface area (Å²) >= 11 is 0. The maximum Gasteiger partial charge on any atom is 0.0540 e. The van der Waals surface area contributed by atoms with E-state index in [1.54, 1.807) is 5.56 Å². The maximum atomic E-state index is 2.69. The number of rotatable bonds is 6. The minimum absolute atomic E-state index is 0.672. The van der Waals surface area contributed by atoms with E-state index in [-0.39, 0.29) is 0 Å². The molecule has 2 heterocycles. The topological polar surface area (TPSA) is 8.17 Å². The molecule has 1 saturated heterocycles. The van der Waals surface area contributed by atoms with Crippen molar-refractivity contribution in [3.05, 3.63) is 131 Å². The van der Waals surface area contributed by atoms with Crippen molar-refractivity contribution in [1.29, 1.82) is 0 Å². The lowest BCUT2D eigenvalue weighted by Gasteiger charge is -2.33. The lowest BCUT2D eigenvalue weighted by molar-refractivity contribution is 0.205. The summed E-state index contributed by atoms with van der Waals surface area (Å²) in [5, 5.41) is 1.38. The van der Waals surface area contributed by atoms with E-state index in [1.807, 2.05) is 0 Å². The second-order valence-electron chi connectivity index (χ2n) is 10.6. The first kappa shape index (κ1) is 23.8. The Morgan fingerprint density at radius 1 is 0.649 bits per heavy atom. The predicted molar refractivity (Wildman–Crippen MR) is 156 cm³/mol. The largest absolute Gasteiger partial charge is 0.336 e. The number of hydrogen-bond acceptors (Lipinski definition) is 1. The van der Waals surface area contributed by atoms with Gasteiger partial charge in [0.15, 0.2) is 0 Å². The molecule has 1 aliphatic rings. The van der Waals surface area contributed by atoms with Crippen molar-refractivity contribution in [2.75, 3.05) is 13.1 Å². The number of fused-ring (bicyclic) bond motifs is 1. The van der Waals surface area contributed by atoms with Crippen LogP contribution in [0, 0.1) is 13.8 Å². The summed E-state index contributed by atoms with van der Waals surface area (Å²) in [6.45, 7) is 8.72. The van der Waals surface area contributed by atoms with Crippen LogP contribution in [-0.2, 0) is 13.1 Å². The van der Waals surface area contributed by atoms with Crippen LogP contribution in [0.2, 0.25) is 0 Å². The van der Waals surface area contributed by atoms with E-state index in [4.69, 9.17) is 0 Å². The van der Waals surface area contributed by atoms with Crippen molar-refractivity contribution >= 4 is 10.9 Å². The van der Waals surface area contributed by atoms with E-state index in [0.29, 0.717) is 5.92 Å². The first-order valence-corrected chi connectivity index (χ1v) is 13.7. The van der Waals surface area contributed by atoms with Crippen molar-refractivity contribution < 1.29 is 0 Å². The molecule has 0 radical (unpaired) electrons. The highest BCUT2D eigenvalue weighted by Crippen LogP contribution is 2.38. The van der Waals surface area contributed by atoms with Gasteiger partial charge in [-0.25, -0.2) is 0 Å². The van der Waals surface area contributed by atoms with Crippen LogP contribution in [-0.4, -0.2) is 22.6 Å². The van der Waals surface area contributed by atoms with Gasteiger partial charge in [-0.3, -0.25) is 4.90 Å². The summed E-state index contributed by atoms with van der Waals surface area (Å²) in [6.07, 6.45) is 2.46. The van der Waals surface area contributed by atoms with Gasteiger partial charge in [0.2, 0.25) is 0 Å². The fraction of sp³-hybridized carbons (Fsp3) is 0.257. The molecule has 0 atom stereocenters. The highest BCUT2D eigenvalue weighted by Gasteiger charge is 2.26. The van der Waals surface area contributed by atoms with Crippen molar-refractivity contribution in [3.63, 3.8) is 0 Å². The molecule has 37 heavy (non-hydrogen) atoms. The SMILES string of the molecule is Cc1cccc(C)c1C1CCN(Cc2c(-c3ccccc3)n(Cc3ccccc3)c3ccccc23)CC1. The molecule has 1 aliphatic heterocycles. The number of piperidine rings is 1. The Kier molecular flexibility index (Phi) is 6.68. The van der Waals surface area contributed by atoms with Crippen LogP contribution >= 0.6 is 0 Å². The molecule has 186 valence electrons. The molecule has 2 heteroatoms. The summed E-state index contributed by atoms with van der Waals surface area (Å²) in [4.78, 5) is 2.69. The van der Waals surface area contributed by atoms with Gasteiger partial charge in [0.1, 0.15) is 0 Å². The van der Waals surface area contributed by atoms with Crippen molar-refractivity contribution in [2.24, 2.45) is 0 Å². The number of nitrogens with zero attached hydrogens (tertiary/aromatic N) is 2. The maximum absolute atomic E-state index is 2.69. The summed E-state index contributed by atoms with van der Waals surface area (Å²) < 4.78 is 2.54. The molecule has 1 aromatic heterocycles. The molecule has 4 aromatic carbocycles. The van der Waals surface area contributed by atoms with Crippen molar-refractivity contribution in [2.45, 2.75) is 45.7 Å². The third-order valence-corrected chi connectivity index (χ3v) is 8.23. The Hall–Kier alpha value is -3.62. The van der Waals surface area contributed by atoms with Crippen LogP contribution in [0.25, 0.3) is 22.2 Å². The lowest BCUT2D eigenvalue weighted by atomic mass is 9.84. The van der Waals surface area contributed by atoms with Gasteiger partial charge in [-0.05, 0) is 85.1 Å². The van der Waals surface area contributed by atoms with Gasteiger partial charge < -0.3 is 4.57 Å². The third kappa shape index (κ3) is 4.74. The molecule has 6 rings (SSSR count). The van der Waals surface area contributed by atoms with E-state index >= 15 is 0 Å². The van der Waals surface area contributed by atoms with E-state index in [0.717, 1.165) is 26.2 Å². The highest BCUT2D eigenvalue weighted by atomic mass is 15.1. The Morgan fingerprint density at radius 3 is 1.97 bits per heavy atom. The van der Waals surface area contributed by atoms with E-state index < -0.39 is 0 Å². The molecular weight excluding hydrogens is 448 g/mol. The van der Waals surface area contributed by atoms with Gasteiger partial charge >= 0.3 is 0 Å². The predicted octanol–water partition coefficient (Wildman–Crippen LogP) is 8.35. The van der Waals surface area contributed by atoms with Gasteiger partial charge in [0, 0.05) is 24.0 Å². The number of hydrogen-bond donors (Lipinski definition) is 0. The molecule has 0 bridgehead atoms. The zero-order chi connectivity index (χ0) is 25.2. The van der Waals surface area contributed by atoms with Crippen LogP contribution in [0.3, 0.4) is 0 Å². The molecule has 2 nitrogen and oxygen atoms in total. The quantitative estimate of drug-likeness (QED) is 0.235. The van der Waals surface area contributed by atoms with Gasteiger partial charge in [0.05, 0.1) is 5.69 Å². The zero-order valence-electron chi connectivity index (χ0n) is 22.0. The standard InChI is InChI=1S/C35H36N2/c1-26-12-11-13-27(2)34(26)29-20-22-36(23-21-29)25-32-31-18-9-10-19-33(31)37(24-28-14-5-3-6-15-28)35(32)30-16-7-4-8-17-30/h3-19,29H,20-25H2,1-2H3. The average molecular weight is 485 g/mol. The van der Waals surface area contributed by atoms with Crippen LogP contribution in [0.4, 0.5) is 0 Å². The van der Waals surface area contributed by atoms with Crippen LogP contribution in [0.1, 0.15) is 46.6 Å². The molecule has 1 fully saturated rings. The molecule has 0 aliphatic carbocycles.